The van der Waals surface area contributed by atoms with E-state index in [0.717, 1.165) is 33.4 Å². The summed E-state index contributed by atoms with van der Waals surface area (Å²) in [4.78, 5) is 12.9. The molecule has 7 rings (SSSR count). The Bertz CT molecular complexity index is 1680. The van der Waals surface area contributed by atoms with Gasteiger partial charge in [-0.3, -0.25) is 4.79 Å². The Morgan fingerprint density at radius 3 is 1.69 bits per heavy atom. The molecule has 1 spiro atoms. The van der Waals surface area contributed by atoms with E-state index in [1.54, 1.807) is 0 Å². The lowest BCUT2D eigenvalue weighted by molar-refractivity contribution is -0.390. The smallest absolute Gasteiger partial charge is 0.198 e. The zero-order chi connectivity index (χ0) is 33.5. The maximum absolute atomic E-state index is 12.9. The minimum atomic E-state index is -1.19. The number of fused-ring (bicyclic) bond motifs is 1. The van der Waals surface area contributed by atoms with Gasteiger partial charge in [-0.2, -0.15) is 0 Å². The van der Waals surface area contributed by atoms with E-state index in [-0.39, 0.29) is 18.3 Å². The average Bonchev–Trinajstić information content (AvgIpc) is 3.42. The van der Waals surface area contributed by atoms with Gasteiger partial charge in [0.25, 0.3) is 0 Å². The van der Waals surface area contributed by atoms with Gasteiger partial charge in [-0.15, -0.1) is 0 Å². The summed E-state index contributed by atoms with van der Waals surface area (Å²) in [5, 5.41) is 0. The molecule has 1 aliphatic carbocycles. The molecule has 2 fully saturated rings. The van der Waals surface area contributed by atoms with Gasteiger partial charge < -0.3 is 28.4 Å². The maximum atomic E-state index is 12.9. The van der Waals surface area contributed by atoms with Gasteiger partial charge in [0.2, 0.25) is 0 Å². The predicted octanol–water partition coefficient (Wildman–Crippen LogP) is 7.38. The molecule has 4 aromatic rings. The molecule has 2 aliphatic heterocycles. The fraction of sp³-hybridized carbons (Fsp3) is 0.357. The SMILES string of the molecule is CC1=C2CO[C@@]3(CC2CC1=O)OC(COCc1ccccc1)[C@@H](OCc1ccccc1)C(OCc1ccccc1)C3OCc1ccccc1. The van der Waals surface area contributed by atoms with Crippen molar-refractivity contribution in [3.05, 3.63) is 155 Å². The van der Waals surface area contributed by atoms with Crippen molar-refractivity contribution in [1.82, 2.24) is 0 Å². The van der Waals surface area contributed by atoms with Crippen LogP contribution in [0.1, 0.15) is 42.0 Å². The zero-order valence-electron chi connectivity index (χ0n) is 27.9. The molecule has 0 saturated carbocycles. The molecule has 49 heavy (non-hydrogen) atoms. The van der Waals surface area contributed by atoms with Gasteiger partial charge in [-0.05, 0) is 46.2 Å². The molecule has 7 nitrogen and oxygen atoms in total. The molecular formula is C42H44O7. The van der Waals surface area contributed by atoms with Crippen molar-refractivity contribution in [3.63, 3.8) is 0 Å². The molecule has 6 atom stereocenters. The van der Waals surface area contributed by atoms with Crippen molar-refractivity contribution in [1.29, 1.82) is 0 Å². The summed E-state index contributed by atoms with van der Waals surface area (Å²) in [6.07, 6.45) is -1.45. The standard InChI is InChI=1S/C42H44O7/c1-30-36-28-48-42(23-35(36)22-37(30)43)41(47-27-34-20-12-5-13-21-34)40(46-26-33-18-10-4-11-19-33)39(45-25-32-16-8-3-9-17-32)38(49-42)29-44-24-31-14-6-2-7-15-31/h2-21,35,38-41H,22-29H2,1H3/t35?,38?,39-,40?,41?,42+/m1/s1. The Labute approximate surface area is 288 Å². The first-order chi connectivity index (χ1) is 24.1. The monoisotopic (exact) mass is 660 g/mol. The van der Waals surface area contributed by atoms with Crippen LogP contribution in [-0.4, -0.2) is 49.2 Å². The largest absolute Gasteiger partial charge is 0.374 e. The third-order valence-electron chi connectivity index (χ3n) is 9.84. The Kier molecular flexibility index (Phi) is 10.8. The molecule has 0 amide bonds. The van der Waals surface area contributed by atoms with E-state index in [1.165, 1.54) is 0 Å². The first-order valence-electron chi connectivity index (χ1n) is 17.2. The van der Waals surface area contributed by atoms with Crippen molar-refractivity contribution in [2.24, 2.45) is 5.92 Å². The molecule has 7 heteroatoms. The highest BCUT2D eigenvalue weighted by Gasteiger charge is 2.60. The molecule has 0 radical (unpaired) electrons. The first-order valence-corrected chi connectivity index (χ1v) is 17.2. The number of benzene rings is 4. The number of Topliss-reactive ketones (excluding diaryl/α,β-unsaturated/α-hetero) is 1. The van der Waals surface area contributed by atoms with Crippen molar-refractivity contribution >= 4 is 5.78 Å². The highest BCUT2D eigenvalue weighted by molar-refractivity contribution is 5.98. The predicted molar refractivity (Wildman–Crippen MR) is 185 cm³/mol. The topological polar surface area (TPSA) is 72.5 Å². The van der Waals surface area contributed by atoms with Crippen molar-refractivity contribution in [2.45, 2.75) is 76.4 Å². The van der Waals surface area contributed by atoms with Crippen LogP contribution in [0.2, 0.25) is 0 Å². The summed E-state index contributed by atoms with van der Waals surface area (Å²) in [6, 6.07) is 40.4. The van der Waals surface area contributed by atoms with E-state index in [2.05, 4.69) is 12.1 Å². The lowest BCUT2D eigenvalue weighted by Crippen LogP contribution is -2.69. The lowest BCUT2D eigenvalue weighted by atomic mass is 9.81. The van der Waals surface area contributed by atoms with Crippen molar-refractivity contribution in [3.8, 4) is 0 Å². The van der Waals surface area contributed by atoms with E-state index in [9.17, 15) is 4.79 Å². The zero-order valence-corrected chi connectivity index (χ0v) is 27.9. The number of hydrogen-bond acceptors (Lipinski definition) is 7. The van der Waals surface area contributed by atoms with Crippen molar-refractivity contribution < 1.29 is 33.2 Å². The van der Waals surface area contributed by atoms with Crippen LogP contribution in [0.4, 0.5) is 0 Å². The van der Waals surface area contributed by atoms with Crippen LogP contribution in [0.3, 0.4) is 0 Å². The first kappa shape index (κ1) is 33.5. The Morgan fingerprint density at radius 2 is 1.14 bits per heavy atom. The van der Waals surface area contributed by atoms with Gasteiger partial charge in [0.1, 0.15) is 24.4 Å². The summed E-state index contributed by atoms with van der Waals surface area (Å²) < 4.78 is 40.8. The normalized spacial score (nSPS) is 26.6. The molecule has 3 aliphatic rings. The quantitative estimate of drug-likeness (QED) is 0.148. The van der Waals surface area contributed by atoms with Crippen LogP contribution in [-0.2, 0) is 59.6 Å². The van der Waals surface area contributed by atoms with E-state index in [0.29, 0.717) is 45.9 Å². The van der Waals surface area contributed by atoms with E-state index >= 15 is 0 Å². The second-order valence-corrected chi connectivity index (χ2v) is 13.2. The van der Waals surface area contributed by atoms with E-state index < -0.39 is 30.2 Å². The second-order valence-electron chi connectivity index (χ2n) is 13.2. The molecule has 0 bridgehead atoms. The highest BCUT2D eigenvalue weighted by atomic mass is 16.7. The number of ketones is 1. The van der Waals surface area contributed by atoms with Gasteiger partial charge in [-0.25, -0.2) is 0 Å². The maximum Gasteiger partial charge on any atom is 0.198 e. The molecule has 0 N–H and O–H groups in total. The van der Waals surface area contributed by atoms with Gasteiger partial charge in [0.05, 0.1) is 39.6 Å². The van der Waals surface area contributed by atoms with Crippen LogP contribution < -0.4 is 0 Å². The fourth-order valence-corrected chi connectivity index (χ4v) is 7.21. The van der Waals surface area contributed by atoms with Crippen LogP contribution >= 0.6 is 0 Å². The van der Waals surface area contributed by atoms with Gasteiger partial charge in [0, 0.05) is 12.8 Å². The number of rotatable bonds is 13. The molecule has 4 unspecified atom stereocenters. The van der Waals surface area contributed by atoms with Crippen LogP contribution in [0, 0.1) is 5.92 Å². The third kappa shape index (κ3) is 7.94. The summed E-state index contributed by atoms with van der Waals surface area (Å²) in [7, 11) is 0. The third-order valence-corrected chi connectivity index (χ3v) is 9.84. The summed E-state index contributed by atoms with van der Waals surface area (Å²) in [5.74, 6) is -1.02. The summed E-state index contributed by atoms with van der Waals surface area (Å²) >= 11 is 0. The Balaban J connectivity index is 1.24. The fourth-order valence-electron chi connectivity index (χ4n) is 7.21. The lowest BCUT2D eigenvalue weighted by Gasteiger charge is -2.54. The summed E-state index contributed by atoms with van der Waals surface area (Å²) in [5.41, 5.74) is 6.04. The summed E-state index contributed by atoms with van der Waals surface area (Å²) in [6.45, 7) is 3.92. The van der Waals surface area contributed by atoms with Gasteiger partial charge in [0.15, 0.2) is 11.6 Å². The molecule has 2 saturated heterocycles. The second kappa shape index (κ2) is 15.7. The Morgan fingerprint density at radius 1 is 0.653 bits per heavy atom. The van der Waals surface area contributed by atoms with Crippen LogP contribution in [0.25, 0.3) is 0 Å². The minimum Gasteiger partial charge on any atom is -0.374 e. The number of carbonyl (C=O) groups is 1. The van der Waals surface area contributed by atoms with E-state index in [1.807, 2.05) is 116 Å². The highest BCUT2D eigenvalue weighted by Crippen LogP contribution is 2.48. The minimum absolute atomic E-state index is 0.00604. The molecular weight excluding hydrogens is 616 g/mol. The Hall–Kier alpha value is -3.95. The van der Waals surface area contributed by atoms with Crippen molar-refractivity contribution in [2.75, 3.05) is 13.2 Å². The number of ether oxygens (including phenoxy) is 6. The molecule has 4 aromatic carbocycles. The van der Waals surface area contributed by atoms with Gasteiger partial charge >= 0.3 is 0 Å². The molecule has 254 valence electrons. The number of hydrogen-bond donors (Lipinski definition) is 0. The molecule has 2 heterocycles. The number of allylic oxidation sites excluding steroid dienone is 1. The van der Waals surface area contributed by atoms with Crippen LogP contribution in [0.5, 0.6) is 0 Å². The average molecular weight is 661 g/mol. The van der Waals surface area contributed by atoms with E-state index in [4.69, 9.17) is 28.4 Å². The van der Waals surface area contributed by atoms with Crippen LogP contribution in [0.15, 0.2) is 132 Å². The molecule has 0 aromatic heterocycles. The number of carbonyl (C=O) groups excluding carboxylic acids is 1. The van der Waals surface area contributed by atoms with Gasteiger partial charge in [-0.1, -0.05) is 121 Å².